The van der Waals surface area contributed by atoms with Crippen molar-refractivity contribution < 1.29 is 9.53 Å². The van der Waals surface area contributed by atoms with Gasteiger partial charge >= 0.3 is 0 Å². The third-order valence-electron chi connectivity index (χ3n) is 4.39. The Hall–Kier alpha value is -1.43. The van der Waals surface area contributed by atoms with Gasteiger partial charge in [-0.25, -0.2) is 4.98 Å². The molecule has 3 heterocycles. The maximum Gasteiger partial charge on any atom is 0.222 e. The fraction of sp³-hybridized carbons (Fsp3) is 0.786. The first-order valence-corrected chi connectivity index (χ1v) is 7.53. The Morgan fingerprint density at radius 1 is 1.40 bits per heavy atom. The third kappa shape index (κ3) is 3.17. The van der Waals surface area contributed by atoms with E-state index in [4.69, 9.17) is 4.74 Å². The first kappa shape index (κ1) is 13.5. The first-order chi connectivity index (χ1) is 9.83. The van der Waals surface area contributed by atoms with Crippen molar-refractivity contribution in [1.82, 2.24) is 20.1 Å². The van der Waals surface area contributed by atoms with Crippen LogP contribution in [0.25, 0.3) is 0 Å². The molecule has 1 atom stereocenters. The number of amides is 1. The smallest absolute Gasteiger partial charge is 0.222 e. The zero-order valence-corrected chi connectivity index (χ0v) is 11.8. The van der Waals surface area contributed by atoms with Crippen LogP contribution in [0.5, 0.6) is 0 Å². The number of aromatic nitrogens is 3. The Kier molecular flexibility index (Phi) is 4.30. The molecule has 3 rings (SSSR count). The molecule has 2 fully saturated rings. The van der Waals surface area contributed by atoms with Gasteiger partial charge in [0.1, 0.15) is 12.2 Å². The number of aromatic amines is 1. The lowest BCUT2D eigenvalue weighted by Gasteiger charge is -2.32. The zero-order valence-electron chi connectivity index (χ0n) is 11.8. The largest absolute Gasteiger partial charge is 0.381 e. The summed E-state index contributed by atoms with van der Waals surface area (Å²) in [4.78, 5) is 18.5. The van der Waals surface area contributed by atoms with E-state index in [2.05, 4.69) is 15.2 Å². The van der Waals surface area contributed by atoms with Gasteiger partial charge < -0.3 is 9.64 Å². The highest BCUT2D eigenvalue weighted by atomic mass is 16.5. The second kappa shape index (κ2) is 6.35. The number of carbonyl (C=O) groups is 1. The summed E-state index contributed by atoms with van der Waals surface area (Å²) in [5.74, 6) is 2.08. The van der Waals surface area contributed by atoms with E-state index < -0.39 is 0 Å². The molecule has 6 nitrogen and oxygen atoms in total. The number of hydrogen-bond acceptors (Lipinski definition) is 4. The maximum absolute atomic E-state index is 12.3. The molecule has 20 heavy (non-hydrogen) atoms. The molecule has 6 heteroatoms. The quantitative estimate of drug-likeness (QED) is 0.905. The molecule has 2 aliphatic heterocycles. The normalized spacial score (nSPS) is 24.8. The molecule has 0 aliphatic carbocycles. The van der Waals surface area contributed by atoms with Gasteiger partial charge in [-0.2, -0.15) is 5.10 Å². The summed E-state index contributed by atoms with van der Waals surface area (Å²) in [6.07, 6.45) is 6.36. The first-order valence-electron chi connectivity index (χ1n) is 7.53. The van der Waals surface area contributed by atoms with Gasteiger partial charge in [-0.3, -0.25) is 9.89 Å². The van der Waals surface area contributed by atoms with Crippen LogP contribution in [0.2, 0.25) is 0 Å². The van der Waals surface area contributed by atoms with Crippen molar-refractivity contribution in [3.63, 3.8) is 0 Å². The van der Waals surface area contributed by atoms with Crippen LogP contribution in [0.1, 0.15) is 43.8 Å². The Morgan fingerprint density at radius 2 is 2.25 bits per heavy atom. The summed E-state index contributed by atoms with van der Waals surface area (Å²) in [5.41, 5.74) is 0. The molecule has 1 aromatic rings. The molecule has 0 bridgehead atoms. The molecule has 0 aromatic carbocycles. The van der Waals surface area contributed by atoms with Crippen LogP contribution in [-0.2, 0) is 9.53 Å². The van der Waals surface area contributed by atoms with Crippen molar-refractivity contribution in [2.24, 2.45) is 5.92 Å². The van der Waals surface area contributed by atoms with Crippen LogP contribution in [0, 0.1) is 5.92 Å². The molecule has 2 saturated heterocycles. The summed E-state index contributed by atoms with van der Waals surface area (Å²) >= 11 is 0. The van der Waals surface area contributed by atoms with Gasteiger partial charge in [0.05, 0.1) is 0 Å². The highest BCUT2D eigenvalue weighted by molar-refractivity contribution is 5.76. The topological polar surface area (TPSA) is 71.1 Å². The van der Waals surface area contributed by atoms with Crippen LogP contribution in [0.15, 0.2) is 6.33 Å². The fourth-order valence-corrected chi connectivity index (χ4v) is 3.16. The summed E-state index contributed by atoms with van der Waals surface area (Å²) in [6.45, 7) is 3.27. The molecule has 1 aromatic heterocycles. The van der Waals surface area contributed by atoms with Crippen LogP contribution in [0.4, 0.5) is 0 Å². The Labute approximate surface area is 118 Å². The fourth-order valence-electron chi connectivity index (χ4n) is 3.16. The number of likely N-dealkylation sites (tertiary alicyclic amines) is 1. The molecule has 0 radical (unpaired) electrons. The molecule has 0 unspecified atom stereocenters. The predicted octanol–water partition coefficient (Wildman–Crippen LogP) is 1.33. The average molecular weight is 278 g/mol. The molecule has 0 spiro atoms. The van der Waals surface area contributed by atoms with Gasteiger partial charge in [0, 0.05) is 38.6 Å². The number of ether oxygens (including phenoxy) is 1. The Balaban J connectivity index is 1.46. The predicted molar refractivity (Wildman–Crippen MR) is 73.1 cm³/mol. The highest BCUT2D eigenvalue weighted by Crippen LogP contribution is 2.26. The van der Waals surface area contributed by atoms with Crippen LogP contribution < -0.4 is 0 Å². The molecular weight excluding hydrogens is 256 g/mol. The van der Waals surface area contributed by atoms with Gasteiger partial charge in [-0.1, -0.05) is 0 Å². The average Bonchev–Trinajstić information content (AvgIpc) is 3.03. The highest BCUT2D eigenvalue weighted by Gasteiger charge is 2.27. The monoisotopic (exact) mass is 278 g/mol. The second-order valence-corrected chi connectivity index (χ2v) is 5.81. The van der Waals surface area contributed by atoms with Crippen LogP contribution >= 0.6 is 0 Å². The standard InChI is InChI=1S/C14H22N4O2/c19-13(8-11-2-1-7-20-9-11)18-5-3-12(4-6-18)14-15-10-16-17-14/h10-12H,1-9H2,(H,15,16,17)/t11-/m1/s1. The van der Waals surface area contributed by atoms with Crippen LogP contribution in [0.3, 0.4) is 0 Å². The van der Waals surface area contributed by atoms with Crippen molar-refractivity contribution in [2.45, 2.75) is 38.0 Å². The van der Waals surface area contributed by atoms with Gasteiger partial charge in [0.2, 0.25) is 5.91 Å². The minimum atomic E-state index is 0.288. The zero-order chi connectivity index (χ0) is 13.8. The van der Waals surface area contributed by atoms with Crippen molar-refractivity contribution in [3.05, 3.63) is 12.2 Å². The minimum absolute atomic E-state index is 0.288. The minimum Gasteiger partial charge on any atom is -0.381 e. The van der Waals surface area contributed by atoms with Gasteiger partial charge in [-0.05, 0) is 31.6 Å². The van der Waals surface area contributed by atoms with Crippen molar-refractivity contribution in [3.8, 4) is 0 Å². The number of nitrogens with one attached hydrogen (secondary N) is 1. The van der Waals surface area contributed by atoms with Gasteiger partial charge in [0.25, 0.3) is 0 Å². The lowest BCUT2D eigenvalue weighted by Crippen LogP contribution is -2.39. The summed E-state index contributed by atoms with van der Waals surface area (Å²) in [5, 5.41) is 6.83. The van der Waals surface area contributed by atoms with Crippen molar-refractivity contribution in [1.29, 1.82) is 0 Å². The number of H-pyrrole nitrogens is 1. The molecule has 2 aliphatic rings. The molecule has 1 N–H and O–H groups in total. The van der Waals surface area contributed by atoms with Crippen LogP contribution in [-0.4, -0.2) is 52.3 Å². The maximum atomic E-state index is 12.3. The number of nitrogens with zero attached hydrogens (tertiary/aromatic N) is 3. The van der Waals surface area contributed by atoms with E-state index >= 15 is 0 Å². The molecule has 1 amide bonds. The molecular formula is C14H22N4O2. The van der Waals surface area contributed by atoms with E-state index in [0.717, 1.165) is 57.8 Å². The Bertz CT molecular complexity index is 420. The van der Waals surface area contributed by atoms with E-state index in [-0.39, 0.29) is 5.91 Å². The number of piperidine rings is 1. The summed E-state index contributed by atoms with van der Waals surface area (Å²) < 4.78 is 5.45. The van der Waals surface area contributed by atoms with Crippen molar-refractivity contribution in [2.75, 3.05) is 26.3 Å². The SMILES string of the molecule is O=C(C[C@H]1CCCOC1)N1CCC(c2ncn[nH]2)CC1. The lowest BCUT2D eigenvalue weighted by atomic mass is 9.94. The van der Waals surface area contributed by atoms with Gasteiger partial charge in [-0.15, -0.1) is 0 Å². The lowest BCUT2D eigenvalue weighted by molar-refractivity contribution is -0.134. The number of hydrogen-bond donors (Lipinski definition) is 1. The second-order valence-electron chi connectivity index (χ2n) is 5.81. The van der Waals surface area contributed by atoms with E-state index in [1.807, 2.05) is 4.90 Å². The summed E-state index contributed by atoms with van der Waals surface area (Å²) in [7, 11) is 0. The van der Waals surface area contributed by atoms with E-state index in [0.29, 0.717) is 18.3 Å². The Morgan fingerprint density at radius 3 is 2.90 bits per heavy atom. The van der Waals surface area contributed by atoms with E-state index in [1.54, 1.807) is 6.33 Å². The van der Waals surface area contributed by atoms with Crippen molar-refractivity contribution >= 4 is 5.91 Å². The van der Waals surface area contributed by atoms with E-state index in [9.17, 15) is 4.79 Å². The molecule has 0 saturated carbocycles. The van der Waals surface area contributed by atoms with E-state index in [1.165, 1.54) is 0 Å². The number of carbonyl (C=O) groups excluding carboxylic acids is 1. The van der Waals surface area contributed by atoms with Gasteiger partial charge in [0.15, 0.2) is 0 Å². The number of rotatable bonds is 3. The third-order valence-corrected chi connectivity index (χ3v) is 4.39. The summed E-state index contributed by atoms with van der Waals surface area (Å²) in [6, 6.07) is 0. The molecule has 110 valence electrons.